The van der Waals surface area contributed by atoms with Crippen molar-refractivity contribution in [1.29, 1.82) is 0 Å². The van der Waals surface area contributed by atoms with Gasteiger partial charge in [-0.15, -0.1) is 0 Å². The van der Waals surface area contributed by atoms with Crippen LogP contribution in [0.5, 0.6) is 0 Å². The second-order valence-electron chi connectivity index (χ2n) is 8.87. The molecule has 2 aromatic carbocycles. The van der Waals surface area contributed by atoms with Crippen molar-refractivity contribution >= 4 is 51.6 Å². The van der Waals surface area contributed by atoms with Crippen molar-refractivity contribution in [3.63, 3.8) is 0 Å². The van der Waals surface area contributed by atoms with Gasteiger partial charge in [0.15, 0.2) is 0 Å². The number of aromatic nitrogens is 2. The second-order valence-corrected chi connectivity index (χ2v) is 10.6. The Morgan fingerprint density at radius 3 is 2.63 bits per heavy atom. The molecule has 1 aromatic heterocycles. The van der Waals surface area contributed by atoms with Crippen LogP contribution in [0.1, 0.15) is 18.4 Å². The quantitative estimate of drug-likeness (QED) is 0.474. The number of hydrogen-bond donors (Lipinski definition) is 2. The van der Waals surface area contributed by atoms with Crippen molar-refractivity contribution in [3.05, 3.63) is 65.1 Å². The maximum Gasteiger partial charge on any atom is 0.243 e. The lowest BCUT2D eigenvalue weighted by Gasteiger charge is -2.19. The number of nitrogens with one attached hydrogen (secondary N) is 2. The van der Waals surface area contributed by atoms with E-state index < -0.39 is 22.2 Å². The standard InChI is InChI=1S/C24H24ClFN6O2S/c1-31(2)12-11-28-35(34)17-6-4-16(5-7-17)29-23-27-14-18-21(30-23)32(22(33)24(18)9-10-24)20-13-15(26)3-8-19(20)25/h3-8,13-14,28H,9-12H2,1-2H3,(H,27,29,30). The molecule has 1 aliphatic heterocycles. The number of carbonyl (C=O) groups excluding carboxylic acids is 1. The van der Waals surface area contributed by atoms with Crippen molar-refractivity contribution in [1.82, 2.24) is 19.6 Å². The van der Waals surface area contributed by atoms with Crippen LogP contribution in [0.2, 0.25) is 5.02 Å². The summed E-state index contributed by atoms with van der Waals surface area (Å²) in [6.45, 7) is 1.39. The second kappa shape index (κ2) is 9.27. The minimum absolute atomic E-state index is 0.167. The van der Waals surface area contributed by atoms with Crippen molar-refractivity contribution in [2.24, 2.45) is 0 Å². The van der Waals surface area contributed by atoms with E-state index in [0.29, 0.717) is 35.8 Å². The first-order chi connectivity index (χ1) is 16.8. The van der Waals surface area contributed by atoms with Gasteiger partial charge in [0.05, 0.1) is 21.0 Å². The number of fused-ring (bicyclic) bond motifs is 2. The monoisotopic (exact) mass is 514 g/mol. The van der Waals surface area contributed by atoms with Gasteiger partial charge in [-0.05, 0) is 69.4 Å². The van der Waals surface area contributed by atoms with Gasteiger partial charge in [0.1, 0.15) is 22.6 Å². The van der Waals surface area contributed by atoms with Gasteiger partial charge in [-0.2, -0.15) is 4.98 Å². The summed E-state index contributed by atoms with van der Waals surface area (Å²) in [6, 6.07) is 11.0. The number of halogens is 2. The Morgan fingerprint density at radius 1 is 1.20 bits per heavy atom. The van der Waals surface area contributed by atoms with Gasteiger partial charge < -0.3 is 10.2 Å². The zero-order chi connectivity index (χ0) is 24.7. The summed E-state index contributed by atoms with van der Waals surface area (Å²) in [7, 11) is 2.60. The maximum absolute atomic E-state index is 14.0. The highest BCUT2D eigenvalue weighted by molar-refractivity contribution is 7.83. The molecule has 1 fully saturated rings. The lowest BCUT2D eigenvalue weighted by molar-refractivity contribution is -0.119. The fraction of sp³-hybridized carbons (Fsp3) is 0.292. The van der Waals surface area contributed by atoms with E-state index in [1.807, 2.05) is 19.0 Å². The van der Waals surface area contributed by atoms with Gasteiger partial charge in [0, 0.05) is 30.5 Å². The summed E-state index contributed by atoms with van der Waals surface area (Å²) in [4.78, 5) is 26.4. The molecule has 1 saturated carbocycles. The fourth-order valence-electron chi connectivity index (χ4n) is 4.09. The van der Waals surface area contributed by atoms with Crippen molar-refractivity contribution in [3.8, 4) is 0 Å². The molecular weight excluding hydrogens is 491 g/mol. The molecule has 1 unspecified atom stereocenters. The molecule has 1 amide bonds. The molecule has 1 atom stereocenters. The van der Waals surface area contributed by atoms with E-state index in [4.69, 9.17) is 11.6 Å². The number of likely N-dealkylation sites (N-methyl/N-ethyl adjacent to an activating group) is 1. The number of carbonyl (C=O) groups is 1. The Morgan fingerprint density at radius 2 is 1.94 bits per heavy atom. The molecule has 2 aliphatic rings. The molecule has 5 rings (SSSR count). The van der Waals surface area contributed by atoms with E-state index in [1.54, 1.807) is 30.5 Å². The van der Waals surface area contributed by atoms with Crippen LogP contribution in [0.3, 0.4) is 0 Å². The predicted molar refractivity (Wildman–Crippen MR) is 134 cm³/mol. The summed E-state index contributed by atoms with van der Waals surface area (Å²) in [5, 5.41) is 3.39. The fourth-order valence-corrected chi connectivity index (χ4v) is 5.12. The highest BCUT2D eigenvalue weighted by Crippen LogP contribution is 2.58. The van der Waals surface area contributed by atoms with E-state index in [1.165, 1.54) is 23.1 Å². The van der Waals surface area contributed by atoms with Crippen molar-refractivity contribution < 1.29 is 13.4 Å². The van der Waals surface area contributed by atoms with Gasteiger partial charge >= 0.3 is 0 Å². The smallest absolute Gasteiger partial charge is 0.243 e. The zero-order valence-electron chi connectivity index (χ0n) is 19.2. The molecule has 2 heterocycles. The molecule has 1 aliphatic carbocycles. The molecule has 0 bridgehead atoms. The number of hydrogen-bond acceptors (Lipinski definition) is 6. The average Bonchev–Trinajstić information content (AvgIpc) is 3.59. The van der Waals surface area contributed by atoms with Crippen LogP contribution < -0.4 is 14.9 Å². The van der Waals surface area contributed by atoms with Gasteiger partial charge in [-0.1, -0.05) is 11.6 Å². The van der Waals surface area contributed by atoms with Crippen molar-refractivity contribution in [2.45, 2.75) is 23.2 Å². The molecule has 3 aromatic rings. The Kier molecular flexibility index (Phi) is 6.30. The molecule has 0 saturated heterocycles. The van der Waals surface area contributed by atoms with Crippen LogP contribution in [0.4, 0.5) is 27.5 Å². The summed E-state index contributed by atoms with van der Waals surface area (Å²) >= 11 is 6.33. The van der Waals surface area contributed by atoms with Crippen LogP contribution in [0.25, 0.3) is 0 Å². The molecule has 2 N–H and O–H groups in total. The number of rotatable bonds is 8. The van der Waals surface area contributed by atoms with E-state index in [9.17, 15) is 13.4 Å². The van der Waals surface area contributed by atoms with E-state index in [2.05, 4.69) is 20.0 Å². The molecule has 35 heavy (non-hydrogen) atoms. The molecule has 8 nitrogen and oxygen atoms in total. The van der Waals surface area contributed by atoms with Crippen LogP contribution in [0.15, 0.2) is 53.6 Å². The lowest BCUT2D eigenvalue weighted by Crippen LogP contribution is -2.28. The maximum atomic E-state index is 14.0. The predicted octanol–water partition coefficient (Wildman–Crippen LogP) is 3.90. The van der Waals surface area contributed by atoms with E-state index in [0.717, 1.165) is 12.1 Å². The number of benzene rings is 2. The summed E-state index contributed by atoms with van der Waals surface area (Å²) in [6.07, 6.45) is 3.04. The highest BCUT2D eigenvalue weighted by atomic mass is 35.5. The van der Waals surface area contributed by atoms with Crippen LogP contribution in [-0.2, 0) is 21.2 Å². The Labute approximate surface area is 210 Å². The SMILES string of the molecule is CN(C)CCNS(=O)c1ccc(Nc2ncc3c(n2)N(c2cc(F)ccc2Cl)C(=O)C32CC2)cc1. The third-order valence-corrected chi connectivity index (χ3v) is 7.61. The topological polar surface area (TPSA) is 90.5 Å². The van der Waals surface area contributed by atoms with Gasteiger partial charge in [0.2, 0.25) is 11.9 Å². The normalized spacial score (nSPS) is 16.6. The third kappa shape index (κ3) is 4.54. The van der Waals surface area contributed by atoms with Crippen LogP contribution >= 0.6 is 11.6 Å². The van der Waals surface area contributed by atoms with Gasteiger partial charge in [-0.25, -0.2) is 18.3 Å². The molecular formula is C24H24ClFN6O2S. The Balaban J connectivity index is 1.38. The minimum atomic E-state index is -1.31. The first-order valence-electron chi connectivity index (χ1n) is 11.1. The van der Waals surface area contributed by atoms with Gasteiger partial charge in [0.25, 0.3) is 0 Å². The summed E-state index contributed by atoms with van der Waals surface area (Å²) < 4.78 is 29.4. The summed E-state index contributed by atoms with van der Waals surface area (Å²) in [5.74, 6) is 0.0294. The number of amides is 1. The number of nitrogens with zero attached hydrogens (tertiary/aromatic N) is 4. The number of anilines is 4. The summed E-state index contributed by atoms with van der Waals surface area (Å²) in [5.41, 5.74) is 1.03. The third-order valence-electron chi connectivity index (χ3n) is 6.12. The molecule has 11 heteroatoms. The zero-order valence-corrected chi connectivity index (χ0v) is 20.8. The van der Waals surface area contributed by atoms with E-state index >= 15 is 0 Å². The lowest BCUT2D eigenvalue weighted by atomic mass is 10.0. The Bertz CT molecular complexity index is 1320. The largest absolute Gasteiger partial charge is 0.324 e. The first-order valence-corrected chi connectivity index (χ1v) is 12.7. The van der Waals surface area contributed by atoms with Crippen LogP contribution in [0, 0.1) is 5.82 Å². The Hall–Kier alpha value is -2.92. The van der Waals surface area contributed by atoms with Gasteiger partial charge in [-0.3, -0.25) is 9.69 Å². The molecule has 182 valence electrons. The first kappa shape index (κ1) is 23.8. The van der Waals surface area contributed by atoms with Crippen LogP contribution in [-0.4, -0.2) is 52.2 Å². The molecule has 0 radical (unpaired) electrons. The highest BCUT2D eigenvalue weighted by Gasteiger charge is 2.61. The average molecular weight is 515 g/mol. The van der Waals surface area contributed by atoms with E-state index in [-0.39, 0.29) is 22.6 Å². The molecule has 1 spiro atoms. The minimum Gasteiger partial charge on any atom is -0.324 e. The van der Waals surface area contributed by atoms with Crippen molar-refractivity contribution in [2.75, 3.05) is 37.4 Å².